The van der Waals surface area contributed by atoms with Gasteiger partial charge in [0.15, 0.2) is 0 Å². The summed E-state index contributed by atoms with van der Waals surface area (Å²) in [6.07, 6.45) is 5.58. The molecule has 2 aromatic rings. The average Bonchev–Trinajstić information content (AvgIpc) is 3.01. The molecule has 0 atom stereocenters. The van der Waals surface area contributed by atoms with Crippen LogP contribution in [0.1, 0.15) is 54.5 Å². The molecule has 0 unspecified atom stereocenters. The molecule has 0 spiro atoms. The zero-order valence-electron chi connectivity index (χ0n) is 12.5. The molecule has 0 N–H and O–H groups in total. The Labute approximate surface area is 128 Å². The van der Waals surface area contributed by atoms with Gasteiger partial charge < -0.3 is 4.74 Å². The predicted molar refractivity (Wildman–Crippen MR) is 78.5 cm³/mol. The van der Waals surface area contributed by atoms with Gasteiger partial charge in [0.2, 0.25) is 0 Å². The lowest BCUT2D eigenvalue weighted by atomic mass is 9.88. The van der Waals surface area contributed by atoms with Crippen molar-refractivity contribution in [3.8, 4) is 5.69 Å². The topological polar surface area (TPSA) is 57.0 Å². The van der Waals surface area contributed by atoms with E-state index in [4.69, 9.17) is 4.74 Å². The number of ether oxygens (including phenoxy) is 1. The number of carbonyl (C=O) groups is 1. The standard InChI is InChI=1S/C16H18FN3O2/c1-22-16(21)14-18-15(11-5-3-2-4-6-11)20(19-14)13-9-7-12(17)8-10-13/h7-11H,2-6H2,1H3. The van der Waals surface area contributed by atoms with E-state index in [-0.39, 0.29) is 17.6 Å². The van der Waals surface area contributed by atoms with E-state index in [1.54, 1.807) is 16.8 Å². The van der Waals surface area contributed by atoms with Crippen molar-refractivity contribution in [2.45, 2.75) is 38.0 Å². The fraction of sp³-hybridized carbons (Fsp3) is 0.438. The van der Waals surface area contributed by atoms with Crippen molar-refractivity contribution in [2.24, 2.45) is 0 Å². The van der Waals surface area contributed by atoms with Gasteiger partial charge in [-0.2, -0.15) is 0 Å². The third-order valence-corrected chi connectivity index (χ3v) is 4.04. The SMILES string of the molecule is COC(=O)c1nc(C2CCCCC2)n(-c2ccc(F)cc2)n1. The number of halogens is 1. The van der Waals surface area contributed by atoms with E-state index >= 15 is 0 Å². The Morgan fingerprint density at radius 2 is 1.91 bits per heavy atom. The highest BCUT2D eigenvalue weighted by Crippen LogP contribution is 2.32. The molecule has 0 saturated heterocycles. The van der Waals surface area contributed by atoms with Crippen molar-refractivity contribution in [2.75, 3.05) is 7.11 Å². The predicted octanol–water partition coefficient (Wildman–Crippen LogP) is 3.24. The molecule has 0 aliphatic heterocycles. The molecule has 1 fully saturated rings. The summed E-state index contributed by atoms with van der Waals surface area (Å²) < 4.78 is 19.5. The van der Waals surface area contributed by atoms with Crippen LogP contribution in [0.15, 0.2) is 24.3 Å². The van der Waals surface area contributed by atoms with Crippen molar-refractivity contribution in [3.05, 3.63) is 41.7 Å². The van der Waals surface area contributed by atoms with Crippen molar-refractivity contribution >= 4 is 5.97 Å². The fourth-order valence-electron chi connectivity index (χ4n) is 2.90. The zero-order chi connectivity index (χ0) is 15.5. The van der Waals surface area contributed by atoms with E-state index in [0.717, 1.165) is 31.5 Å². The molecule has 1 aliphatic carbocycles. The molecule has 0 amide bonds. The van der Waals surface area contributed by atoms with Crippen LogP contribution in [0.3, 0.4) is 0 Å². The van der Waals surface area contributed by atoms with E-state index < -0.39 is 5.97 Å². The quantitative estimate of drug-likeness (QED) is 0.817. The second kappa shape index (κ2) is 6.25. The molecule has 0 bridgehead atoms. The monoisotopic (exact) mass is 303 g/mol. The molecule has 22 heavy (non-hydrogen) atoms. The van der Waals surface area contributed by atoms with Crippen molar-refractivity contribution < 1.29 is 13.9 Å². The molecule has 3 rings (SSSR count). The van der Waals surface area contributed by atoms with Gasteiger partial charge in [-0.15, -0.1) is 5.10 Å². The molecule has 0 radical (unpaired) electrons. The summed E-state index contributed by atoms with van der Waals surface area (Å²) in [5.74, 6) is 0.206. The minimum absolute atomic E-state index is 0.0485. The maximum Gasteiger partial charge on any atom is 0.377 e. The Kier molecular flexibility index (Phi) is 4.18. The van der Waals surface area contributed by atoms with Crippen molar-refractivity contribution in [1.29, 1.82) is 0 Å². The van der Waals surface area contributed by atoms with Gasteiger partial charge in [0.1, 0.15) is 11.6 Å². The smallest absolute Gasteiger partial charge is 0.377 e. The van der Waals surface area contributed by atoms with Gasteiger partial charge >= 0.3 is 5.97 Å². The normalized spacial score (nSPS) is 15.7. The molecular weight excluding hydrogens is 285 g/mol. The van der Waals surface area contributed by atoms with Crippen LogP contribution in [-0.2, 0) is 4.74 Å². The average molecular weight is 303 g/mol. The number of benzene rings is 1. The van der Waals surface area contributed by atoms with E-state index in [1.165, 1.54) is 25.7 Å². The molecule has 1 saturated carbocycles. The Hall–Kier alpha value is -2.24. The molecule has 116 valence electrons. The highest BCUT2D eigenvalue weighted by atomic mass is 19.1. The Balaban J connectivity index is 2.03. The number of hydrogen-bond acceptors (Lipinski definition) is 4. The second-order valence-corrected chi connectivity index (χ2v) is 5.51. The summed E-state index contributed by atoms with van der Waals surface area (Å²) in [6, 6.07) is 6.02. The first kappa shape index (κ1) is 14.7. The molecule has 1 aromatic heterocycles. The summed E-state index contributed by atoms with van der Waals surface area (Å²) >= 11 is 0. The molecule has 5 nitrogen and oxygen atoms in total. The molecule has 6 heteroatoms. The number of methoxy groups -OCH3 is 1. The maximum absolute atomic E-state index is 13.1. The summed E-state index contributed by atoms with van der Waals surface area (Å²) in [6.45, 7) is 0. The third kappa shape index (κ3) is 2.86. The Morgan fingerprint density at radius 3 is 2.55 bits per heavy atom. The minimum atomic E-state index is -0.557. The van der Waals surface area contributed by atoms with Crippen LogP contribution in [0.2, 0.25) is 0 Å². The van der Waals surface area contributed by atoms with Crippen molar-refractivity contribution in [1.82, 2.24) is 14.8 Å². The van der Waals surface area contributed by atoms with Gasteiger partial charge in [-0.1, -0.05) is 19.3 Å². The van der Waals surface area contributed by atoms with Crippen LogP contribution < -0.4 is 0 Å². The fourth-order valence-corrected chi connectivity index (χ4v) is 2.90. The minimum Gasteiger partial charge on any atom is -0.463 e. The summed E-state index contributed by atoms with van der Waals surface area (Å²) in [4.78, 5) is 16.1. The number of hydrogen-bond donors (Lipinski definition) is 0. The third-order valence-electron chi connectivity index (χ3n) is 4.04. The zero-order valence-corrected chi connectivity index (χ0v) is 12.5. The van der Waals surface area contributed by atoms with Crippen LogP contribution >= 0.6 is 0 Å². The lowest BCUT2D eigenvalue weighted by Crippen LogP contribution is -2.12. The van der Waals surface area contributed by atoms with E-state index in [1.807, 2.05) is 0 Å². The van der Waals surface area contributed by atoms with Crippen LogP contribution in [0.4, 0.5) is 4.39 Å². The largest absolute Gasteiger partial charge is 0.463 e. The first-order valence-corrected chi connectivity index (χ1v) is 7.50. The lowest BCUT2D eigenvalue weighted by Gasteiger charge is -2.21. The molecular formula is C16H18FN3O2. The molecule has 1 aromatic carbocycles. The molecule has 1 aliphatic rings. The van der Waals surface area contributed by atoms with Crippen LogP contribution in [0.5, 0.6) is 0 Å². The van der Waals surface area contributed by atoms with E-state index in [9.17, 15) is 9.18 Å². The number of rotatable bonds is 3. The number of aromatic nitrogens is 3. The number of esters is 1. The van der Waals surface area contributed by atoms with Crippen LogP contribution in [0, 0.1) is 5.82 Å². The van der Waals surface area contributed by atoms with Crippen molar-refractivity contribution in [3.63, 3.8) is 0 Å². The van der Waals surface area contributed by atoms with Gasteiger partial charge in [0.25, 0.3) is 5.82 Å². The maximum atomic E-state index is 13.1. The van der Waals surface area contributed by atoms with Gasteiger partial charge in [-0.25, -0.2) is 18.9 Å². The second-order valence-electron chi connectivity index (χ2n) is 5.51. The van der Waals surface area contributed by atoms with Crippen LogP contribution in [-0.4, -0.2) is 27.8 Å². The van der Waals surface area contributed by atoms with Gasteiger partial charge in [0, 0.05) is 5.92 Å². The Bertz CT molecular complexity index is 661. The van der Waals surface area contributed by atoms with E-state index in [0.29, 0.717) is 5.69 Å². The first-order chi connectivity index (χ1) is 10.7. The summed E-state index contributed by atoms with van der Waals surface area (Å²) in [5, 5.41) is 4.26. The summed E-state index contributed by atoms with van der Waals surface area (Å²) in [7, 11) is 1.31. The van der Waals surface area contributed by atoms with Gasteiger partial charge in [0.05, 0.1) is 12.8 Å². The van der Waals surface area contributed by atoms with Crippen LogP contribution in [0.25, 0.3) is 5.69 Å². The highest BCUT2D eigenvalue weighted by molar-refractivity contribution is 5.85. The highest BCUT2D eigenvalue weighted by Gasteiger charge is 2.25. The van der Waals surface area contributed by atoms with Gasteiger partial charge in [-0.3, -0.25) is 0 Å². The number of carbonyl (C=O) groups excluding carboxylic acids is 1. The number of nitrogens with zero attached hydrogens (tertiary/aromatic N) is 3. The van der Waals surface area contributed by atoms with Gasteiger partial charge in [-0.05, 0) is 37.1 Å². The van der Waals surface area contributed by atoms with E-state index in [2.05, 4.69) is 10.1 Å². The first-order valence-electron chi connectivity index (χ1n) is 7.50. The lowest BCUT2D eigenvalue weighted by molar-refractivity contribution is 0.0587. The summed E-state index contributed by atoms with van der Waals surface area (Å²) in [5.41, 5.74) is 0.699. The molecule has 1 heterocycles. The Morgan fingerprint density at radius 1 is 1.23 bits per heavy atom.